The minimum Gasteiger partial charge on any atom is -0.496 e. The fourth-order valence-corrected chi connectivity index (χ4v) is 1.88. The van der Waals surface area contributed by atoms with Gasteiger partial charge in [-0.3, -0.25) is 0 Å². The Balaban J connectivity index is 2.95. The number of methoxy groups -OCH3 is 1. The summed E-state index contributed by atoms with van der Waals surface area (Å²) in [5, 5.41) is 3.47. The van der Waals surface area contributed by atoms with Crippen molar-refractivity contribution in [2.75, 3.05) is 25.5 Å². The fraction of sp³-hybridized carbons (Fsp3) is 0.600. The van der Waals surface area contributed by atoms with E-state index in [2.05, 4.69) is 45.1 Å². The van der Waals surface area contributed by atoms with Crippen LogP contribution in [0.3, 0.4) is 0 Å². The highest BCUT2D eigenvalue weighted by Gasteiger charge is 2.11. The van der Waals surface area contributed by atoms with E-state index in [9.17, 15) is 0 Å². The number of nitrogens with one attached hydrogen (secondary N) is 1. The molecule has 0 spiro atoms. The Morgan fingerprint density at radius 2 is 1.94 bits per heavy atom. The van der Waals surface area contributed by atoms with E-state index in [0.717, 1.165) is 12.3 Å². The first kappa shape index (κ1) is 14.8. The third-order valence-corrected chi connectivity index (χ3v) is 3.24. The lowest BCUT2D eigenvalue weighted by atomic mass is 9.99. The molecule has 3 N–H and O–H groups in total. The van der Waals surface area contributed by atoms with Crippen molar-refractivity contribution in [3.8, 4) is 5.75 Å². The molecular weight excluding hydrogens is 224 g/mol. The van der Waals surface area contributed by atoms with Gasteiger partial charge in [-0.1, -0.05) is 20.8 Å². The molecule has 3 nitrogen and oxygen atoms in total. The quantitative estimate of drug-likeness (QED) is 0.815. The first-order chi connectivity index (χ1) is 8.49. The van der Waals surface area contributed by atoms with Crippen LogP contribution in [0.15, 0.2) is 12.1 Å². The molecule has 1 rings (SSSR count). The van der Waals surface area contributed by atoms with E-state index in [1.807, 2.05) is 0 Å². The Kier molecular flexibility index (Phi) is 5.48. The first-order valence-electron chi connectivity index (χ1n) is 6.62. The van der Waals surface area contributed by atoms with Crippen molar-refractivity contribution in [1.82, 2.24) is 0 Å². The molecule has 0 fully saturated rings. The second kappa shape index (κ2) is 6.64. The second-order valence-electron chi connectivity index (χ2n) is 5.29. The van der Waals surface area contributed by atoms with E-state index in [0.29, 0.717) is 18.4 Å². The van der Waals surface area contributed by atoms with Crippen molar-refractivity contribution >= 4 is 5.69 Å². The lowest BCUT2D eigenvalue weighted by molar-refractivity contribution is 0.407. The van der Waals surface area contributed by atoms with Gasteiger partial charge in [0.25, 0.3) is 0 Å². The molecule has 0 bridgehead atoms. The Hall–Kier alpha value is -1.22. The van der Waals surface area contributed by atoms with Crippen LogP contribution in [0, 0.1) is 12.8 Å². The molecule has 0 heterocycles. The number of anilines is 1. The lowest BCUT2D eigenvalue weighted by Gasteiger charge is -2.18. The molecule has 18 heavy (non-hydrogen) atoms. The van der Waals surface area contributed by atoms with Gasteiger partial charge >= 0.3 is 0 Å². The Morgan fingerprint density at radius 3 is 2.44 bits per heavy atom. The maximum absolute atomic E-state index is 5.64. The summed E-state index contributed by atoms with van der Waals surface area (Å²) in [7, 11) is 1.73. The highest BCUT2D eigenvalue weighted by molar-refractivity contribution is 5.58. The molecule has 0 aliphatic rings. The van der Waals surface area contributed by atoms with Gasteiger partial charge in [0, 0.05) is 12.2 Å². The smallest absolute Gasteiger partial charge is 0.122 e. The molecule has 0 aromatic heterocycles. The summed E-state index contributed by atoms with van der Waals surface area (Å²) in [6.07, 6.45) is 0. The molecule has 0 saturated carbocycles. The predicted octanol–water partition coefficient (Wildman–Crippen LogP) is 3.13. The topological polar surface area (TPSA) is 47.3 Å². The van der Waals surface area contributed by atoms with E-state index in [-0.39, 0.29) is 0 Å². The number of hydrogen-bond acceptors (Lipinski definition) is 3. The zero-order valence-electron chi connectivity index (χ0n) is 12.2. The van der Waals surface area contributed by atoms with Gasteiger partial charge in [0.15, 0.2) is 0 Å². The van der Waals surface area contributed by atoms with Crippen molar-refractivity contribution in [3.05, 3.63) is 23.3 Å². The van der Waals surface area contributed by atoms with Crippen LogP contribution < -0.4 is 15.8 Å². The first-order valence-corrected chi connectivity index (χ1v) is 6.62. The van der Waals surface area contributed by atoms with Gasteiger partial charge in [-0.05, 0) is 48.6 Å². The Morgan fingerprint density at radius 1 is 1.28 bits per heavy atom. The maximum atomic E-state index is 5.64. The Labute approximate surface area is 111 Å². The minimum atomic E-state index is 0.452. The number of aryl methyl sites for hydroxylation is 1. The molecule has 102 valence electrons. The number of nitrogens with two attached hydrogens (primary N) is 1. The average molecular weight is 250 g/mol. The van der Waals surface area contributed by atoms with Crippen LogP contribution >= 0.6 is 0 Å². The normalized spacial score (nSPS) is 12.6. The van der Waals surface area contributed by atoms with Crippen LogP contribution in [0.2, 0.25) is 0 Å². The molecule has 0 aliphatic carbocycles. The van der Waals surface area contributed by atoms with Crippen LogP contribution in [0.25, 0.3) is 0 Å². The number of rotatable bonds is 6. The summed E-state index contributed by atoms with van der Waals surface area (Å²) in [6, 6.07) is 4.30. The minimum absolute atomic E-state index is 0.452. The van der Waals surface area contributed by atoms with Crippen molar-refractivity contribution in [2.24, 2.45) is 11.7 Å². The number of benzene rings is 1. The van der Waals surface area contributed by atoms with E-state index in [1.165, 1.54) is 16.8 Å². The highest BCUT2D eigenvalue weighted by atomic mass is 16.5. The van der Waals surface area contributed by atoms with Crippen LogP contribution in [-0.4, -0.2) is 20.2 Å². The van der Waals surface area contributed by atoms with Crippen LogP contribution in [0.1, 0.15) is 37.8 Å². The molecular formula is C15H26N2O. The number of hydrogen-bond donors (Lipinski definition) is 2. The summed E-state index contributed by atoms with van der Waals surface area (Å²) in [6.45, 7) is 10.2. The highest BCUT2D eigenvalue weighted by Crippen LogP contribution is 2.31. The molecule has 1 unspecified atom stereocenters. The number of ether oxygens (including phenoxy) is 1. The zero-order chi connectivity index (χ0) is 13.7. The second-order valence-corrected chi connectivity index (χ2v) is 5.29. The summed E-state index contributed by atoms with van der Waals surface area (Å²) in [5.74, 6) is 1.90. The van der Waals surface area contributed by atoms with Gasteiger partial charge in [0.2, 0.25) is 0 Å². The van der Waals surface area contributed by atoms with Crippen molar-refractivity contribution in [2.45, 2.75) is 33.6 Å². The fourth-order valence-electron chi connectivity index (χ4n) is 1.88. The molecule has 0 amide bonds. The summed E-state index contributed by atoms with van der Waals surface area (Å²) in [5.41, 5.74) is 9.27. The maximum Gasteiger partial charge on any atom is 0.122 e. The molecule has 3 heteroatoms. The van der Waals surface area contributed by atoms with E-state index in [4.69, 9.17) is 10.5 Å². The van der Waals surface area contributed by atoms with Gasteiger partial charge in [-0.25, -0.2) is 0 Å². The third kappa shape index (κ3) is 3.64. The molecule has 1 aromatic rings. The molecule has 1 atom stereocenters. The summed E-state index contributed by atoms with van der Waals surface area (Å²) >= 11 is 0. The van der Waals surface area contributed by atoms with E-state index in [1.54, 1.807) is 7.11 Å². The predicted molar refractivity (Wildman–Crippen MR) is 78.5 cm³/mol. The van der Waals surface area contributed by atoms with E-state index >= 15 is 0 Å². The standard InChI is InChI=1S/C15H26N2O/c1-10(2)13-7-14(17-9-11(3)8-16)12(4)6-15(13)18-5/h6-7,10-11,17H,8-9,16H2,1-5H3. The van der Waals surface area contributed by atoms with Gasteiger partial charge in [-0.2, -0.15) is 0 Å². The monoisotopic (exact) mass is 250 g/mol. The van der Waals surface area contributed by atoms with Gasteiger partial charge in [0.05, 0.1) is 7.11 Å². The van der Waals surface area contributed by atoms with Gasteiger partial charge in [0.1, 0.15) is 5.75 Å². The molecule has 1 aromatic carbocycles. The lowest BCUT2D eigenvalue weighted by Crippen LogP contribution is -2.20. The van der Waals surface area contributed by atoms with Gasteiger partial charge < -0.3 is 15.8 Å². The molecule has 0 aliphatic heterocycles. The largest absolute Gasteiger partial charge is 0.496 e. The summed E-state index contributed by atoms with van der Waals surface area (Å²) < 4.78 is 5.44. The van der Waals surface area contributed by atoms with Crippen LogP contribution in [0.4, 0.5) is 5.69 Å². The van der Waals surface area contributed by atoms with Crippen LogP contribution in [-0.2, 0) is 0 Å². The Bertz CT molecular complexity index is 388. The molecule has 0 radical (unpaired) electrons. The van der Waals surface area contributed by atoms with Crippen LogP contribution in [0.5, 0.6) is 5.75 Å². The zero-order valence-corrected chi connectivity index (χ0v) is 12.2. The average Bonchev–Trinajstić information content (AvgIpc) is 2.35. The molecule has 0 saturated heterocycles. The van der Waals surface area contributed by atoms with Crippen molar-refractivity contribution < 1.29 is 4.74 Å². The third-order valence-electron chi connectivity index (χ3n) is 3.24. The van der Waals surface area contributed by atoms with E-state index < -0.39 is 0 Å². The SMILES string of the molecule is COc1cc(C)c(NCC(C)CN)cc1C(C)C. The summed E-state index contributed by atoms with van der Waals surface area (Å²) in [4.78, 5) is 0. The van der Waals surface area contributed by atoms with Crippen molar-refractivity contribution in [1.29, 1.82) is 0 Å². The van der Waals surface area contributed by atoms with Gasteiger partial charge in [-0.15, -0.1) is 0 Å². The van der Waals surface area contributed by atoms with Crippen molar-refractivity contribution in [3.63, 3.8) is 0 Å².